The van der Waals surface area contributed by atoms with Crippen LogP contribution in [-0.2, 0) is 6.42 Å². The molecule has 1 aromatic heterocycles. The third-order valence-electron chi connectivity index (χ3n) is 7.39. The molecule has 1 aliphatic heterocycles. The number of carbonyl (C=O) groups is 1. The molecule has 0 fully saturated rings. The van der Waals surface area contributed by atoms with Crippen molar-refractivity contribution in [1.29, 1.82) is 0 Å². The minimum Gasteiger partial charge on any atom is -0.494 e. The van der Waals surface area contributed by atoms with Crippen molar-refractivity contribution in [2.24, 2.45) is 10.7 Å². The van der Waals surface area contributed by atoms with Gasteiger partial charge in [-0.2, -0.15) is 0 Å². The van der Waals surface area contributed by atoms with Gasteiger partial charge in [0.2, 0.25) is 5.91 Å². The number of rotatable bonds is 12. The molecule has 5 heteroatoms. The molecule has 1 atom stereocenters. The fourth-order valence-corrected chi connectivity index (χ4v) is 5.39. The van der Waals surface area contributed by atoms with Gasteiger partial charge in [-0.15, -0.1) is 0 Å². The summed E-state index contributed by atoms with van der Waals surface area (Å²) in [5.74, 6) is 0.413. The Morgan fingerprint density at radius 3 is 2.23 bits per heavy atom. The van der Waals surface area contributed by atoms with Crippen LogP contribution in [-0.4, -0.2) is 29.3 Å². The highest BCUT2D eigenvalue weighted by molar-refractivity contribution is 5.93. The number of ether oxygens (including phenoxy) is 1. The third-order valence-corrected chi connectivity index (χ3v) is 7.39. The molecule has 0 saturated carbocycles. The molecule has 0 bridgehead atoms. The first-order valence-electron chi connectivity index (χ1n) is 13.4. The van der Waals surface area contributed by atoms with Crippen molar-refractivity contribution in [3.63, 3.8) is 0 Å². The van der Waals surface area contributed by atoms with Crippen LogP contribution in [0.25, 0.3) is 0 Å². The number of carbonyl (C=O) groups excluding carboxylic acids is 1. The maximum atomic E-state index is 11.5. The predicted octanol–water partition coefficient (Wildman–Crippen LogP) is 6.55. The monoisotopic (exact) mass is 515 g/mol. The maximum Gasteiger partial charge on any atom is 0.248 e. The number of primary amides is 1. The smallest absolute Gasteiger partial charge is 0.248 e. The number of pyridine rings is 1. The molecule has 1 unspecified atom stereocenters. The SMILES string of the molecule is NC(=O)c1cccc(OCCCC2(Cc3ccncc3)N=CC=C2CC(c2ccccc2)c2ccccc2)c1. The Labute approximate surface area is 230 Å². The molecular formula is C34H33N3O2. The zero-order valence-electron chi connectivity index (χ0n) is 21.9. The molecule has 1 amide bonds. The quantitative estimate of drug-likeness (QED) is 0.217. The first-order valence-corrected chi connectivity index (χ1v) is 13.4. The zero-order chi connectivity index (χ0) is 26.9. The van der Waals surface area contributed by atoms with Crippen molar-refractivity contribution in [2.75, 3.05) is 6.61 Å². The molecular weight excluding hydrogens is 482 g/mol. The summed E-state index contributed by atoms with van der Waals surface area (Å²) in [7, 11) is 0. The van der Waals surface area contributed by atoms with Gasteiger partial charge in [-0.25, -0.2) is 0 Å². The first kappa shape index (κ1) is 26.1. The highest BCUT2D eigenvalue weighted by atomic mass is 16.5. The van der Waals surface area contributed by atoms with Gasteiger partial charge in [0, 0.05) is 36.5 Å². The number of benzene rings is 3. The lowest BCUT2D eigenvalue weighted by Crippen LogP contribution is -2.32. The van der Waals surface area contributed by atoms with Gasteiger partial charge in [0.1, 0.15) is 5.75 Å². The van der Waals surface area contributed by atoms with Crippen LogP contribution in [0.1, 0.15) is 52.2 Å². The van der Waals surface area contributed by atoms with E-state index in [9.17, 15) is 4.79 Å². The molecule has 0 saturated heterocycles. The number of nitrogens with two attached hydrogens (primary N) is 1. The van der Waals surface area contributed by atoms with Gasteiger partial charge in [0.05, 0.1) is 12.1 Å². The fourth-order valence-electron chi connectivity index (χ4n) is 5.39. The molecule has 1 aliphatic rings. The standard InChI is InChI=1S/C34H33N3O2/c35-33(38)29-13-7-14-31(23-29)39-22-8-18-34(25-26-15-19-36-20-16-26)30(17-21-37-34)24-32(27-9-3-1-4-10-27)28-11-5-2-6-12-28/h1-7,9-17,19-21,23,32H,8,18,22,24-25H2,(H2,35,38). The minimum atomic E-state index is -0.460. The Kier molecular flexibility index (Phi) is 8.27. The Morgan fingerprint density at radius 2 is 1.56 bits per heavy atom. The molecule has 3 aromatic carbocycles. The molecule has 0 spiro atoms. The number of allylic oxidation sites excluding steroid dienone is 1. The van der Waals surface area contributed by atoms with Crippen LogP contribution in [0, 0.1) is 0 Å². The number of amides is 1. The van der Waals surface area contributed by atoms with Gasteiger partial charge >= 0.3 is 0 Å². The predicted molar refractivity (Wildman–Crippen MR) is 156 cm³/mol. The van der Waals surface area contributed by atoms with Gasteiger partial charge in [-0.1, -0.05) is 66.7 Å². The van der Waals surface area contributed by atoms with Crippen molar-refractivity contribution < 1.29 is 9.53 Å². The molecule has 0 aliphatic carbocycles. The number of nitrogens with zero attached hydrogens (tertiary/aromatic N) is 2. The summed E-state index contributed by atoms with van der Waals surface area (Å²) in [5, 5.41) is 0. The van der Waals surface area contributed by atoms with Gasteiger partial charge in [-0.3, -0.25) is 14.8 Å². The normalized spacial score (nSPS) is 16.3. The lowest BCUT2D eigenvalue weighted by atomic mass is 9.75. The number of hydrogen-bond acceptors (Lipinski definition) is 4. The van der Waals surface area contributed by atoms with E-state index >= 15 is 0 Å². The third kappa shape index (κ3) is 6.50. The fraction of sp³-hybridized carbons (Fsp3) is 0.206. The van der Waals surface area contributed by atoms with E-state index < -0.39 is 5.91 Å². The van der Waals surface area contributed by atoms with Crippen LogP contribution in [0.5, 0.6) is 5.75 Å². The number of hydrogen-bond donors (Lipinski definition) is 1. The van der Waals surface area contributed by atoms with E-state index in [0.717, 1.165) is 25.7 Å². The summed E-state index contributed by atoms with van der Waals surface area (Å²) in [5.41, 5.74) is 10.6. The topological polar surface area (TPSA) is 77.6 Å². The summed E-state index contributed by atoms with van der Waals surface area (Å²) < 4.78 is 6.02. The van der Waals surface area contributed by atoms with Gasteiger partial charge in [0.25, 0.3) is 0 Å². The van der Waals surface area contributed by atoms with Gasteiger partial charge < -0.3 is 10.5 Å². The average Bonchev–Trinajstić information content (AvgIpc) is 3.37. The zero-order valence-corrected chi connectivity index (χ0v) is 21.9. The van der Waals surface area contributed by atoms with E-state index in [1.165, 1.54) is 22.3 Å². The van der Waals surface area contributed by atoms with Crippen LogP contribution in [0.4, 0.5) is 0 Å². The highest BCUT2D eigenvalue weighted by Gasteiger charge is 2.37. The van der Waals surface area contributed by atoms with Crippen LogP contribution in [0.2, 0.25) is 0 Å². The minimum absolute atomic E-state index is 0.227. The lowest BCUT2D eigenvalue weighted by Gasteiger charge is -2.33. The average molecular weight is 516 g/mol. The molecule has 5 rings (SSSR count). The van der Waals surface area contributed by atoms with Crippen LogP contribution in [0.3, 0.4) is 0 Å². The van der Waals surface area contributed by atoms with Gasteiger partial charge in [0.15, 0.2) is 0 Å². The van der Waals surface area contributed by atoms with E-state index in [4.69, 9.17) is 15.5 Å². The summed E-state index contributed by atoms with van der Waals surface area (Å²) in [6.45, 7) is 0.518. The van der Waals surface area contributed by atoms with Crippen molar-refractivity contribution >= 4 is 12.1 Å². The molecule has 0 radical (unpaired) electrons. The number of aromatic nitrogens is 1. The van der Waals surface area contributed by atoms with Crippen LogP contribution >= 0.6 is 0 Å². The molecule has 2 N–H and O–H groups in total. The second-order valence-electron chi connectivity index (χ2n) is 9.96. The lowest BCUT2D eigenvalue weighted by molar-refractivity contribution is 0.1000. The summed E-state index contributed by atoms with van der Waals surface area (Å²) >= 11 is 0. The van der Waals surface area contributed by atoms with E-state index in [1.807, 2.05) is 24.7 Å². The van der Waals surface area contributed by atoms with Crippen molar-refractivity contribution in [2.45, 2.75) is 37.1 Å². The molecule has 2 heterocycles. The number of aliphatic imine (C=N–C) groups is 1. The molecule has 4 aromatic rings. The van der Waals surface area contributed by atoms with E-state index in [1.54, 1.807) is 18.2 Å². The van der Waals surface area contributed by atoms with Crippen LogP contribution in [0.15, 0.2) is 126 Å². The Hall–Kier alpha value is -4.51. The second-order valence-corrected chi connectivity index (χ2v) is 9.96. The van der Waals surface area contributed by atoms with E-state index in [0.29, 0.717) is 17.9 Å². The Balaban J connectivity index is 1.37. The Morgan fingerprint density at radius 1 is 0.872 bits per heavy atom. The van der Waals surface area contributed by atoms with Crippen molar-refractivity contribution in [3.8, 4) is 5.75 Å². The first-order chi connectivity index (χ1) is 19.1. The van der Waals surface area contributed by atoms with Crippen molar-refractivity contribution in [3.05, 3.63) is 143 Å². The second kappa shape index (κ2) is 12.4. The molecule has 5 nitrogen and oxygen atoms in total. The molecule has 196 valence electrons. The summed E-state index contributed by atoms with van der Waals surface area (Å²) in [6.07, 6.45) is 11.2. The van der Waals surface area contributed by atoms with Gasteiger partial charge in [-0.05, 0) is 77.9 Å². The van der Waals surface area contributed by atoms with Crippen LogP contribution < -0.4 is 10.5 Å². The molecule has 39 heavy (non-hydrogen) atoms. The van der Waals surface area contributed by atoms with E-state index in [2.05, 4.69) is 83.9 Å². The largest absolute Gasteiger partial charge is 0.494 e. The van der Waals surface area contributed by atoms with Crippen molar-refractivity contribution in [1.82, 2.24) is 4.98 Å². The Bertz CT molecular complexity index is 1400. The summed E-state index contributed by atoms with van der Waals surface area (Å²) in [6, 6.07) is 32.6. The highest BCUT2D eigenvalue weighted by Crippen LogP contribution is 2.41. The summed E-state index contributed by atoms with van der Waals surface area (Å²) in [4.78, 5) is 20.9. The van der Waals surface area contributed by atoms with E-state index in [-0.39, 0.29) is 11.5 Å². The maximum absolute atomic E-state index is 11.5.